The predicted octanol–water partition coefficient (Wildman–Crippen LogP) is 1.93. The van der Waals surface area contributed by atoms with Crippen molar-refractivity contribution in [2.75, 3.05) is 12.3 Å². The third-order valence-corrected chi connectivity index (χ3v) is 4.57. The monoisotopic (exact) mass is 343 g/mol. The van der Waals surface area contributed by atoms with Gasteiger partial charge >= 0.3 is 11.8 Å². The molecule has 2 aliphatic heterocycles. The zero-order valence-corrected chi connectivity index (χ0v) is 12.8. The molecule has 0 radical (unpaired) electrons. The van der Waals surface area contributed by atoms with Crippen LogP contribution in [0, 0.1) is 6.92 Å². The number of rotatable bonds is 2. The lowest BCUT2D eigenvalue weighted by Gasteiger charge is -2.28. The summed E-state index contributed by atoms with van der Waals surface area (Å²) in [7, 11) is 0. The Morgan fingerprint density at radius 2 is 2.00 bits per heavy atom. The van der Waals surface area contributed by atoms with E-state index in [2.05, 4.69) is 4.99 Å². The summed E-state index contributed by atoms with van der Waals surface area (Å²) in [5.41, 5.74) is -2.34. The van der Waals surface area contributed by atoms with E-state index in [1.807, 2.05) is 0 Å². The minimum absolute atomic E-state index is 0.00321. The number of aliphatic imine (C=N–C) groups is 1. The molecule has 122 valence electrons. The molecule has 5 nitrogen and oxygen atoms in total. The van der Waals surface area contributed by atoms with E-state index in [1.54, 1.807) is 24.4 Å². The van der Waals surface area contributed by atoms with Gasteiger partial charge in [0.05, 0.1) is 0 Å². The molecule has 3 rings (SSSR count). The van der Waals surface area contributed by atoms with Crippen LogP contribution in [0.2, 0.25) is 0 Å². The number of nitrogens with one attached hydrogen (secondary N) is 1. The molecule has 1 aromatic carbocycles. The maximum Gasteiger partial charge on any atom is 0.442 e. The van der Waals surface area contributed by atoms with Crippen molar-refractivity contribution in [2.24, 2.45) is 4.99 Å². The Kier molecular flexibility index (Phi) is 3.62. The molecule has 0 bridgehead atoms. The minimum atomic E-state index is -5.03. The molecule has 0 unspecified atom stereocenters. The van der Waals surface area contributed by atoms with E-state index in [9.17, 15) is 22.8 Å². The first-order chi connectivity index (χ1) is 10.7. The number of nitrogens with zero attached hydrogens (tertiary/aromatic N) is 2. The Hall–Kier alpha value is -2.03. The second-order valence-corrected chi connectivity index (χ2v) is 6.29. The molecule has 1 N–H and O–H groups in total. The van der Waals surface area contributed by atoms with Crippen molar-refractivity contribution >= 4 is 28.7 Å². The van der Waals surface area contributed by atoms with Gasteiger partial charge in [-0.3, -0.25) is 14.5 Å². The molecule has 1 saturated heterocycles. The highest BCUT2D eigenvalue weighted by atomic mass is 32.2. The molecule has 2 heterocycles. The Morgan fingerprint density at radius 1 is 1.35 bits per heavy atom. The van der Waals surface area contributed by atoms with E-state index in [1.165, 1.54) is 12.1 Å². The summed E-state index contributed by atoms with van der Waals surface area (Å²) in [6.07, 6.45) is -5.03. The summed E-state index contributed by atoms with van der Waals surface area (Å²) in [4.78, 5) is 28.9. The van der Waals surface area contributed by atoms with Gasteiger partial charge in [-0.1, -0.05) is 29.5 Å². The van der Waals surface area contributed by atoms with Crippen LogP contribution in [-0.4, -0.2) is 46.0 Å². The van der Waals surface area contributed by atoms with Gasteiger partial charge in [0, 0.05) is 17.9 Å². The molecule has 1 atom stereocenters. The van der Waals surface area contributed by atoms with Crippen LogP contribution in [-0.2, 0) is 4.79 Å². The largest absolute Gasteiger partial charge is 0.442 e. The lowest BCUT2D eigenvalue weighted by atomic mass is 10.1. The van der Waals surface area contributed by atoms with Crippen LogP contribution in [0.25, 0.3) is 0 Å². The van der Waals surface area contributed by atoms with Gasteiger partial charge in [-0.25, -0.2) is 4.99 Å². The van der Waals surface area contributed by atoms with Crippen LogP contribution >= 0.6 is 11.8 Å². The van der Waals surface area contributed by atoms with Crippen molar-refractivity contribution in [1.29, 1.82) is 0 Å². The summed E-state index contributed by atoms with van der Waals surface area (Å²) in [6.45, 7) is 1.94. The average Bonchev–Trinajstić information content (AvgIpc) is 3.02. The molecular weight excluding hydrogens is 331 g/mol. The predicted molar refractivity (Wildman–Crippen MR) is 79.0 cm³/mol. The van der Waals surface area contributed by atoms with Gasteiger partial charge in [-0.15, -0.1) is 0 Å². The minimum Gasteiger partial charge on any atom is -0.312 e. The number of aryl methyl sites for hydroxylation is 1. The summed E-state index contributed by atoms with van der Waals surface area (Å²) < 4.78 is 40.6. The third kappa shape index (κ3) is 2.48. The lowest BCUT2D eigenvalue weighted by molar-refractivity contribution is -0.196. The van der Waals surface area contributed by atoms with Crippen LogP contribution in [0.3, 0.4) is 0 Å². The zero-order valence-electron chi connectivity index (χ0n) is 12.0. The van der Waals surface area contributed by atoms with Gasteiger partial charge < -0.3 is 5.32 Å². The summed E-state index contributed by atoms with van der Waals surface area (Å²) in [5, 5.41) is 1.79. The van der Waals surface area contributed by atoms with Gasteiger partial charge in [0.2, 0.25) is 0 Å². The standard InChI is InChI=1S/C14H12F3N3O2S/c1-8-2-4-9(5-3-8)10(21)18-13(14(15,16)17)11(22)20-6-7-23-12(20)19-13/h2-5H,6-7H2,1H3,(H,18,21)/t13-/m0/s1. The van der Waals surface area contributed by atoms with E-state index in [0.717, 1.165) is 22.2 Å². The second kappa shape index (κ2) is 5.26. The number of hydrogen-bond acceptors (Lipinski definition) is 4. The van der Waals surface area contributed by atoms with E-state index >= 15 is 0 Å². The van der Waals surface area contributed by atoms with E-state index < -0.39 is 23.7 Å². The molecular formula is C14H12F3N3O2S. The van der Waals surface area contributed by atoms with Crippen LogP contribution in [0.15, 0.2) is 29.3 Å². The highest BCUT2D eigenvalue weighted by molar-refractivity contribution is 8.14. The van der Waals surface area contributed by atoms with Crippen molar-refractivity contribution in [2.45, 2.75) is 18.8 Å². The number of carbonyl (C=O) groups excluding carboxylic acids is 2. The second-order valence-electron chi connectivity index (χ2n) is 5.23. The lowest BCUT2D eigenvalue weighted by Crippen LogP contribution is -2.63. The van der Waals surface area contributed by atoms with Crippen LogP contribution < -0.4 is 5.32 Å². The Bertz CT molecular complexity index is 702. The van der Waals surface area contributed by atoms with Gasteiger partial charge in [-0.2, -0.15) is 13.2 Å². The first-order valence-corrected chi connectivity index (χ1v) is 7.74. The van der Waals surface area contributed by atoms with Gasteiger partial charge in [0.1, 0.15) is 0 Å². The molecule has 1 aromatic rings. The Balaban J connectivity index is 1.96. The normalized spacial score (nSPS) is 23.7. The molecule has 0 saturated carbocycles. The van der Waals surface area contributed by atoms with E-state index in [4.69, 9.17) is 0 Å². The van der Waals surface area contributed by atoms with Gasteiger partial charge in [-0.05, 0) is 19.1 Å². The number of halogens is 3. The number of benzene rings is 1. The van der Waals surface area contributed by atoms with Crippen molar-refractivity contribution < 1.29 is 22.8 Å². The molecule has 0 aliphatic carbocycles. The van der Waals surface area contributed by atoms with Crippen LogP contribution in [0.5, 0.6) is 0 Å². The van der Waals surface area contributed by atoms with Crippen molar-refractivity contribution in [3.05, 3.63) is 35.4 Å². The Labute approximate surface area is 133 Å². The van der Waals surface area contributed by atoms with Gasteiger partial charge in [0.15, 0.2) is 5.17 Å². The maximum absolute atomic E-state index is 13.5. The van der Waals surface area contributed by atoms with Crippen molar-refractivity contribution in [1.82, 2.24) is 10.2 Å². The smallest absolute Gasteiger partial charge is 0.312 e. The third-order valence-electron chi connectivity index (χ3n) is 3.61. The molecule has 0 spiro atoms. The highest BCUT2D eigenvalue weighted by Crippen LogP contribution is 2.40. The number of hydrogen-bond donors (Lipinski definition) is 1. The number of alkyl halides is 3. The molecule has 9 heteroatoms. The topological polar surface area (TPSA) is 61.8 Å². The fourth-order valence-electron chi connectivity index (χ4n) is 2.35. The molecule has 23 heavy (non-hydrogen) atoms. The van der Waals surface area contributed by atoms with Crippen LogP contribution in [0.1, 0.15) is 15.9 Å². The van der Waals surface area contributed by atoms with E-state index in [-0.39, 0.29) is 17.3 Å². The summed E-state index contributed by atoms with van der Waals surface area (Å²) in [6, 6.07) is 6.01. The average molecular weight is 343 g/mol. The van der Waals surface area contributed by atoms with E-state index in [0.29, 0.717) is 5.75 Å². The number of amidine groups is 1. The quantitative estimate of drug-likeness (QED) is 0.893. The SMILES string of the molecule is Cc1ccc(C(=O)N[C@]2(C(F)(F)F)N=C3SCCN3C2=O)cc1. The van der Waals surface area contributed by atoms with Gasteiger partial charge in [0.25, 0.3) is 11.8 Å². The fourth-order valence-corrected chi connectivity index (χ4v) is 3.34. The van der Waals surface area contributed by atoms with Crippen molar-refractivity contribution in [3.8, 4) is 0 Å². The first kappa shape index (κ1) is 15.9. The highest BCUT2D eigenvalue weighted by Gasteiger charge is 2.67. The first-order valence-electron chi connectivity index (χ1n) is 6.75. The molecule has 2 amide bonds. The summed E-state index contributed by atoms with van der Waals surface area (Å²) in [5.74, 6) is -1.76. The number of amides is 2. The maximum atomic E-state index is 13.5. The summed E-state index contributed by atoms with van der Waals surface area (Å²) >= 11 is 1.06. The zero-order chi connectivity index (χ0) is 16.8. The molecule has 0 aromatic heterocycles. The number of fused-ring (bicyclic) bond motifs is 1. The van der Waals surface area contributed by atoms with Crippen molar-refractivity contribution in [3.63, 3.8) is 0 Å². The number of thioether (sulfide) groups is 1. The molecule has 1 fully saturated rings. The number of carbonyl (C=O) groups is 2. The fraction of sp³-hybridized carbons (Fsp3) is 0.357. The van der Waals surface area contributed by atoms with Crippen LogP contribution in [0.4, 0.5) is 13.2 Å². The Morgan fingerprint density at radius 3 is 2.57 bits per heavy atom. The molecule has 2 aliphatic rings.